The fourth-order valence-electron chi connectivity index (χ4n) is 2.15. The minimum absolute atomic E-state index is 0.00277. The van der Waals surface area contributed by atoms with Crippen LogP contribution in [0.5, 0.6) is 0 Å². The van der Waals surface area contributed by atoms with Crippen molar-refractivity contribution in [3.8, 4) is 0 Å². The van der Waals surface area contributed by atoms with E-state index in [0.717, 1.165) is 31.1 Å². The molecule has 1 amide bonds. The molecule has 0 spiro atoms. The average Bonchev–Trinajstić information content (AvgIpc) is 3.21. The summed E-state index contributed by atoms with van der Waals surface area (Å²) in [6, 6.07) is 0.390. The van der Waals surface area contributed by atoms with Crippen molar-refractivity contribution in [3.63, 3.8) is 0 Å². The number of anilines is 2. The first-order valence-corrected chi connectivity index (χ1v) is 7.34. The third-order valence-corrected chi connectivity index (χ3v) is 4.65. The minimum Gasteiger partial charge on any atom is -0.382 e. The number of hydrogen-bond donors (Lipinski definition) is 1. The summed E-state index contributed by atoms with van der Waals surface area (Å²) in [5, 5.41) is 0.827. The van der Waals surface area contributed by atoms with Gasteiger partial charge in [-0.15, -0.1) is 0 Å². The third-order valence-electron chi connectivity index (χ3n) is 3.53. The summed E-state index contributed by atoms with van der Waals surface area (Å²) in [5.41, 5.74) is 5.90. The van der Waals surface area contributed by atoms with Gasteiger partial charge in [0.15, 0.2) is 5.13 Å². The molecule has 2 fully saturated rings. The highest BCUT2D eigenvalue weighted by atomic mass is 32.1. The lowest BCUT2D eigenvalue weighted by Crippen LogP contribution is -2.36. The zero-order chi connectivity index (χ0) is 13.4. The minimum atomic E-state index is -0.00277. The first kappa shape index (κ1) is 12.7. The normalized spacial score (nSPS) is 19.5. The molecular formula is C12H18N4O2S. The Kier molecular flexibility index (Phi) is 3.32. The predicted octanol–water partition coefficient (Wildman–Crippen LogP) is 0.796. The van der Waals surface area contributed by atoms with Crippen LogP contribution >= 0.6 is 11.3 Å². The standard InChI is InChI=1S/C12H18N4O2S/c1-15(8-2-3-8)11(17)9-10(13)14-12(19-9)16-4-6-18-7-5-16/h8H,2-7,13H2,1H3. The summed E-state index contributed by atoms with van der Waals surface area (Å²) < 4.78 is 5.31. The number of aromatic nitrogens is 1. The van der Waals surface area contributed by atoms with E-state index in [4.69, 9.17) is 10.5 Å². The van der Waals surface area contributed by atoms with Crippen LogP contribution in [0.2, 0.25) is 0 Å². The summed E-state index contributed by atoms with van der Waals surface area (Å²) in [4.78, 5) is 21.1. The Morgan fingerprint density at radius 1 is 1.47 bits per heavy atom. The highest BCUT2D eigenvalue weighted by Gasteiger charge is 2.32. The van der Waals surface area contributed by atoms with Gasteiger partial charge in [-0.2, -0.15) is 0 Å². The van der Waals surface area contributed by atoms with Gasteiger partial charge in [-0.05, 0) is 12.8 Å². The molecule has 19 heavy (non-hydrogen) atoms. The maximum Gasteiger partial charge on any atom is 0.267 e. The third kappa shape index (κ3) is 2.52. The highest BCUT2D eigenvalue weighted by molar-refractivity contribution is 7.18. The largest absolute Gasteiger partial charge is 0.382 e. The van der Waals surface area contributed by atoms with Crippen LogP contribution < -0.4 is 10.6 Å². The van der Waals surface area contributed by atoms with Crippen molar-refractivity contribution in [2.75, 3.05) is 44.0 Å². The van der Waals surface area contributed by atoms with Crippen LogP contribution in [0.1, 0.15) is 22.5 Å². The van der Waals surface area contributed by atoms with Crippen LogP contribution in [-0.4, -0.2) is 55.2 Å². The second-order valence-corrected chi connectivity index (χ2v) is 5.93. The molecule has 1 saturated heterocycles. The Labute approximate surface area is 116 Å². The smallest absolute Gasteiger partial charge is 0.267 e. The molecule has 0 atom stereocenters. The van der Waals surface area contributed by atoms with E-state index in [1.807, 2.05) is 7.05 Å². The Morgan fingerprint density at radius 3 is 2.79 bits per heavy atom. The number of morpholine rings is 1. The topological polar surface area (TPSA) is 71.7 Å². The summed E-state index contributed by atoms with van der Waals surface area (Å²) in [6.45, 7) is 3.01. The quantitative estimate of drug-likeness (QED) is 0.887. The number of nitrogens with zero attached hydrogens (tertiary/aromatic N) is 3. The van der Waals surface area contributed by atoms with Gasteiger partial charge in [0.05, 0.1) is 13.2 Å². The van der Waals surface area contributed by atoms with Gasteiger partial charge in [-0.3, -0.25) is 4.79 Å². The lowest BCUT2D eigenvalue weighted by atomic mass is 10.4. The van der Waals surface area contributed by atoms with E-state index >= 15 is 0 Å². The molecule has 1 aliphatic heterocycles. The number of carbonyl (C=O) groups is 1. The lowest BCUT2D eigenvalue weighted by molar-refractivity contribution is 0.0790. The molecule has 2 heterocycles. The number of nitrogens with two attached hydrogens (primary N) is 1. The molecule has 0 aromatic carbocycles. The highest BCUT2D eigenvalue weighted by Crippen LogP contribution is 2.32. The second kappa shape index (κ2) is 4.97. The van der Waals surface area contributed by atoms with Crippen molar-refractivity contribution in [1.29, 1.82) is 0 Å². The number of ether oxygens (including phenoxy) is 1. The van der Waals surface area contributed by atoms with Crippen molar-refractivity contribution in [3.05, 3.63) is 4.88 Å². The molecule has 7 heteroatoms. The van der Waals surface area contributed by atoms with Gasteiger partial charge < -0.3 is 20.3 Å². The molecule has 2 aliphatic rings. The van der Waals surface area contributed by atoms with E-state index in [-0.39, 0.29) is 5.91 Å². The number of rotatable bonds is 3. The fourth-order valence-corrected chi connectivity index (χ4v) is 3.17. The summed E-state index contributed by atoms with van der Waals surface area (Å²) >= 11 is 1.39. The van der Waals surface area contributed by atoms with Gasteiger partial charge in [0, 0.05) is 26.2 Å². The molecule has 1 aromatic rings. The van der Waals surface area contributed by atoms with Crippen LogP contribution in [0.4, 0.5) is 10.9 Å². The van der Waals surface area contributed by atoms with Crippen molar-refractivity contribution < 1.29 is 9.53 Å². The van der Waals surface area contributed by atoms with Crippen molar-refractivity contribution in [2.24, 2.45) is 0 Å². The molecule has 1 saturated carbocycles. The van der Waals surface area contributed by atoms with E-state index in [9.17, 15) is 4.79 Å². The Hall–Kier alpha value is -1.34. The first-order chi connectivity index (χ1) is 9.16. The summed E-state index contributed by atoms with van der Waals surface area (Å²) in [7, 11) is 1.84. The van der Waals surface area contributed by atoms with Crippen LogP contribution in [-0.2, 0) is 4.74 Å². The van der Waals surface area contributed by atoms with Gasteiger partial charge in [0.25, 0.3) is 5.91 Å². The molecule has 1 aromatic heterocycles. The molecular weight excluding hydrogens is 264 g/mol. The van der Waals surface area contributed by atoms with Gasteiger partial charge >= 0.3 is 0 Å². The van der Waals surface area contributed by atoms with E-state index in [2.05, 4.69) is 9.88 Å². The van der Waals surface area contributed by atoms with Gasteiger partial charge in [0.1, 0.15) is 10.7 Å². The SMILES string of the molecule is CN(C(=O)c1sc(N2CCOCC2)nc1N)C1CC1. The van der Waals surface area contributed by atoms with Crippen molar-refractivity contribution in [2.45, 2.75) is 18.9 Å². The Bertz CT molecular complexity index is 480. The van der Waals surface area contributed by atoms with E-state index in [0.29, 0.717) is 30.0 Å². The van der Waals surface area contributed by atoms with Crippen LogP contribution in [0.3, 0.4) is 0 Å². The van der Waals surface area contributed by atoms with Crippen LogP contribution in [0.25, 0.3) is 0 Å². The fraction of sp³-hybridized carbons (Fsp3) is 0.667. The number of carbonyl (C=O) groups excluding carboxylic acids is 1. The van der Waals surface area contributed by atoms with Crippen molar-refractivity contribution in [1.82, 2.24) is 9.88 Å². The summed E-state index contributed by atoms with van der Waals surface area (Å²) in [5.74, 6) is 0.348. The van der Waals surface area contributed by atoms with Crippen molar-refractivity contribution >= 4 is 28.2 Å². The zero-order valence-corrected chi connectivity index (χ0v) is 11.8. The number of thiazole rings is 1. The number of amides is 1. The monoisotopic (exact) mass is 282 g/mol. The molecule has 0 bridgehead atoms. The summed E-state index contributed by atoms with van der Waals surface area (Å²) in [6.07, 6.45) is 2.19. The zero-order valence-electron chi connectivity index (χ0n) is 11.0. The van der Waals surface area contributed by atoms with E-state index in [1.54, 1.807) is 4.90 Å². The Morgan fingerprint density at radius 2 is 2.16 bits per heavy atom. The first-order valence-electron chi connectivity index (χ1n) is 6.53. The van der Waals surface area contributed by atoms with Gasteiger partial charge in [-0.25, -0.2) is 4.98 Å². The molecule has 104 valence electrons. The predicted molar refractivity (Wildman–Crippen MR) is 74.7 cm³/mol. The molecule has 1 aliphatic carbocycles. The average molecular weight is 282 g/mol. The van der Waals surface area contributed by atoms with Gasteiger partial charge in [0.2, 0.25) is 0 Å². The van der Waals surface area contributed by atoms with Gasteiger partial charge in [-0.1, -0.05) is 11.3 Å². The molecule has 6 nitrogen and oxygen atoms in total. The van der Waals surface area contributed by atoms with Crippen LogP contribution in [0, 0.1) is 0 Å². The number of nitrogen functional groups attached to an aromatic ring is 1. The van der Waals surface area contributed by atoms with Crippen LogP contribution in [0.15, 0.2) is 0 Å². The second-order valence-electron chi connectivity index (χ2n) is 4.96. The number of hydrogen-bond acceptors (Lipinski definition) is 6. The molecule has 0 unspecified atom stereocenters. The lowest BCUT2D eigenvalue weighted by Gasteiger charge is -2.25. The molecule has 0 radical (unpaired) electrons. The maximum atomic E-state index is 12.3. The molecule has 2 N–H and O–H groups in total. The maximum absolute atomic E-state index is 12.3. The Balaban J connectivity index is 1.78. The molecule has 3 rings (SSSR count). The van der Waals surface area contributed by atoms with E-state index in [1.165, 1.54) is 11.3 Å². The van der Waals surface area contributed by atoms with E-state index < -0.39 is 0 Å².